The van der Waals surface area contributed by atoms with E-state index < -0.39 is 17.3 Å². The highest BCUT2D eigenvalue weighted by atomic mass is 16.6. The Morgan fingerprint density at radius 2 is 1.39 bits per heavy atom. The summed E-state index contributed by atoms with van der Waals surface area (Å²) in [7, 11) is 0. The Labute approximate surface area is 277 Å². The van der Waals surface area contributed by atoms with Crippen molar-refractivity contribution in [2.45, 2.75) is 136 Å². The predicted octanol–water partition coefficient (Wildman–Crippen LogP) is 7.62. The third-order valence-electron chi connectivity index (χ3n) is 11.8. The zero-order valence-electron chi connectivity index (χ0n) is 29.6. The molecular formula is C37H62N4O5. The van der Waals surface area contributed by atoms with Crippen molar-refractivity contribution in [3.05, 3.63) is 0 Å². The Morgan fingerprint density at radius 1 is 0.717 bits per heavy atom. The van der Waals surface area contributed by atoms with E-state index >= 15 is 0 Å². The van der Waals surface area contributed by atoms with Crippen LogP contribution in [0.25, 0.3) is 0 Å². The monoisotopic (exact) mass is 642 g/mol. The van der Waals surface area contributed by atoms with Gasteiger partial charge in [0.25, 0.3) is 0 Å². The van der Waals surface area contributed by atoms with Crippen LogP contribution in [0.5, 0.6) is 0 Å². The molecule has 5 rings (SSSR count). The quantitative estimate of drug-likeness (QED) is 0.242. The van der Waals surface area contributed by atoms with Crippen molar-refractivity contribution in [3.63, 3.8) is 0 Å². The van der Waals surface area contributed by atoms with E-state index in [0.717, 1.165) is 50.4 Å². The van der Waals surface area contributed by atoms with Crippen LogP contribution < -0.4 is 5.32 Å². The van der Waals surface area contributed by atoms with Gasteiger partial charge in [0.2, 0.25) is 5.91 Å². The number of amidine groups is 1. The van der Waals surface area contributed by atoms with Crippen molar-refractivity contribution in [2.75, 3.05) is 26.2 Å². The molecule has 8 unspecified atom stereocenters. The van der Waals surface area contributed by atoms with E-state index in [4.69, 9.17) is 14.9 Å². The Kier molecular flexibility index (Phi) is 11.0. The van der Waals surface area contributed by atoms with Crippen LogP contribution in [-0.2, 0) is 14.3 Å². The highest BCUT2D eigenvalue weighted by Crippen LogP contribution is 2.56. The molecular weight excluding hydrogens is 580 g/mol. The molecule has 1 saturated heterocycles. The normalized spacial score (nSPS) is 33.7. The number of carbonyl (C=O) groups excluding carboxylic acids is 3. The first-order valence-corrected chi connectivity index (χ1v) is 18.5. The number of fused-ring (bicyclic) bond motifs is 2. The number of hydrogen-bond acceptors (Lipinski definition) is 6. The first-order chi connectivity index (χ1) is 21.7. The first kappa shape index (κ1) is 35.0. The maximum Gasteiger partial charge on any atom is 0.413 e. The lowest BCUT2D eigenvalue weighted by Crippen LogP contribution is -2.43. The van der Waals surface area contributed by atoms with E-state index in [-0.39, 0.29) is 29.7 Å². The molecule has 5 fully saturated rings. The summed E-state index contributed by atoms with van der Waals surface area (Å²) in [6.45, 7) is 13.5. The van der Waals surface area contributed by atoms with Gasteiger partial charge in [-0.25, -0.2) is 9.59 Å². The molecule has 0 aromatic rings. The van der Waals surface area contributed by atoms with Gasteiger partial charge in [0.1, 0.15) is 17.0 Å². The molecule has 5 aliphatic rings. The molecule has 2 N–H and O–H groups in total. The van der Waals surface area contributed by atoms with Crippen LogP contribution in [0.1, 0.15) is 125 Å². The summed E-state index contributed by atoms with van der Waals surface area (Å²) in [4.78, 5) is 43.7. The summed E-state index contributed by atoms with van der Waals surface area (Å²) in [5.74, 6) is 4.05. The fourth-order valence-corrected chi connectivity index (χ4v) is 9.88. The molecule has 0 aromatic carbocycles. The fraction of sp³-hybridized carbons (Fsp3) is 0.892. The summed E-state index contributed by atoms with van der Waals surface area (Å²) in [6.07, 6.45) is 14.1. The first-order valence-electron chi connectivity index (χ1n) is 18.5. The zero-order chi connectivity index (χ0) is 33.2. The van der Waals surface area contributed by atoms with Gasteiger partial charge in [-0.15, -0.1) is 0 Å². The van der Waals surface area contributed by atoms with Crippen LogP contribution in [0.2, 0.25) is 0 Å². The summed E-state index contributed by atoms with van der Waals surface area (Å²) in [5.41, 5.74) is -1.15. The van der Waals surface area contributed by atoms with Crippen molar-refractivity contribution < 1.29 is 23.9 Å². The van der Waals surface area contributed by atoms with Gasteiger partial charge in [-0.05, 0) is 122 Å². The average Bonchev–Trinajstić information content (AvgIpc) is 3.14. The maximum absolute atomic E-state index is 14.5. The summed E-state index contributed by atoms with van der Waals surface area (Å²) >= 11 is 0. The Morgan fingerprint density at radius 3 is 2.13 bits per heavy atom. The summed E-state index contributed by atoms with van der Waals surface area (Å²) < 4.78 is 11.1. The molecule has 0 bridgehead atoms. The standard InChI is InChI=1S/C37H62N4O5/c1-36(2,3)45-34(43)39-32(38)27-16-15-26-22-31(33(42)40-17-10-18-41(20-19-40)35(44)46-37(4,5)6)30(29(26)23-27)21-25-13-9-12-24-11-7-8-14-28(24)25/h24-31H,7-23H2,1-6H3,(H2,38,39,43). The van der Waals surface area contributed by atoms with Gasteiger partial charge in [0, 0.05) is 38.0 Å². The molecule has 8 atom stereocenters. The fourth-order valence-electron chi connectivity index (χ4n) is 9.88. The Hall–Kier alpha value is -2.32. The summed E-state index contributed by atoms with van der Waals surface area (Å²) in [5, 5.41) is 11.6. The number of amides is 3. The van der Waals surface area contributed by atoms with Crippen LogP contribution in [0.15, 0.2) is 0 Å². The van der Waals surface area contributed by atoms with E-state index in [1.165, 1.54) is 44.9 Å². The SMILES string of the molecule is CC(C)(C)OC(=O)NC(=N)C1CCC2CC(C(=O)N3CCCN(C(=O)OC(C)(C)C)CC3)C(CC3CCCC4CCCCC43)C2C1. The smallest absolute Gasteiger partial charge is 0.413 e. The maximum atomic E-state index is 14.5. The highest BCUT2D eigenvalue weighted by Gasteiger charge is 2.51. The molecule has 1 heterocycles. The second-order valence-corrected chi connectivity index (χ2v) is 17.3. The minimum absolute atomic E-state index is 0.00112. The van der Waals surface area contributed by atoms with Gasteiger partial charge in [0.15, 0.2) is 0 Å². The minimum atomic E-state index is -0.611. The molecule has 3 amide bonds. The molecule has 260 valence electrons. The third-order valence-corrected chi connectivity index (χ3v) is 11.8. The second kappa shape index (κ2) is 14.4. The van der Waals surface area contributed by atoms with E-state index in [9.17, 15) is 14.4 Å². The van der Waals surface area contributed by atoms with Crippen LogP contribution in [0.4, 0.5) is 9.59 Å². The second-order valence-electron chi connectivity index (χ2n) is 17.3. The van der Waals surface area contributed by atoms with Gasteiger partial charge >= 0.3 is 12.2 Å². The molecule has 9 heteroatoms. The predicted molar refractivity (Wildman–Crippen MR) is 179 cm³/mol. The van der Waals surface area contributed by atoms with E-state index in [0.29, 0.717) is 49.9 Å². The largest absolute Gasteiger partial charge is 0.444 e. The van der Waals surface area contributed by atoms with Gasteiger partial charge < -0.3 is 19.3 Å². The van der Waals surface area contributed by atoms with Gasteiger partial charge in [-0.1, -0.05) is 38.5 Å². The zero-order valence-corrected chi connectivity index (χ0v) is 29.6. The molecule has 1 aliphatic heterocycles. The topological polar surface area (TPSA) is 112 Å². The molecule has 0 spiro atoms. The van der Waals surface area contributed by atoms with Crippen LogP contribution in [0, 0.1) is 52.8 Å². The third kappa shape index (κ3) is 8.77. The van der Waals surface area contributed by atoms with Gasteiger partial charge in [0.05, 0.1) is 0 Å². The molecule has 0 aromatic heterocycles. The van der Waals surface area contributed by atoms with E-state index in [1.807, 2.05) is 46.4 Å². The van der Waals surface area contributed by atoms with Crippen LogP contribution >= 0.6 is 0 Å². The molecule has 4 aliphatic carbocycles. The van der Waals surface area contributed by atoms with Crippen LogP contribution in [0.3, 0.4) is 0 Å². The van der Waals surface area contributed by atoms with Crippen molar-refractivity contribution >= 4 is 23.9 Å². The number of carbonyl (C=O) groups is 3. The lowest BCUT2D eigenvalue weighted by Gasteiger charge is -2.44. The highest BCUT2D eigenvalue weighted by molar-refractivity contribution is 5.95. The number of alkyl carbamates (subject to hydrolysis) is 1. The Bertz CT molecular complexity index is 1110. The van der Waals surface area contributed by atoms with Crippen molar-refractivity contribution in [3.8, 4) is 0 Å². The number of nitrogens with one attached hydrogen (secondary N) is 2. The number of hydrogen-bond donors (Lipinski definition) is 2. The van der Waals surface area contributed by atoms with E-state index in [2.05, 4.69) is 5.32 Å². The molecule has 46 heavy (non-hydrogen) atoms. The number of ether oxygens (including phenoxy) is 2. The lowest BCUT2D eigenvalue weighted by molar-refractivity contribution is -0.137. The van der Waals surface area contributed by atoms with Gasteiger partial charge in [-0.3, -0.25) is 15.5 Å². The Balaban J connectivity index is 1.30. The van der Waals surface area contributed by atoms with Crippen LogP contribution in [-0.4, -0.2) is 71.1 Å². The van der Waals surface area contributed by atoms with Gasteiger partial charge in [-0.2, -0.15) is 0 Å². The van der Waals surface area contributed by atoms with Crippen molar-refractivity contribution in [1.82, 2.24) is 15.1 Å². The number of rotatable bonds is 4. The van der Waals surface area contributed by atoms with Crippen molar-refractivity contribution in [2.24, 2.45) is 47.3 Å². The van der Waals surface area contributed by atoms with Crippen molar-refractivity contribution in [1.29, 1.82) is 5.41 Å². The number of nitrogens with zero attached hydrogens (tertiary/aromatic N) is 2. The molecule has 4 saturated carbocycles. The summed E-state index contributed by atoms with van der Waals surface area (Å²) in [6, 6.07) is 0. The molecule has 0 radical (unpaired) electrons. The minimum Gasteiger partial charge on any atom is -0.444 e. The van der Waals surface area contributed by atoms with E-state index in [1.54, 1.807) is 4.90 Å². The molecule has 9 nitrogen and oxygen atoms in total. The average molecular weight is 643 g/mol. The lowest BCUT2D eigenvalue weighted by atomic mass is 9.61.